The average Bonchev–Trinajstić information content (AvgIpc) is 2.53. The Bertz CT molecular complexity index is 764. The van der Waals surface area contributed by atoms with Crippen LogP contribution in [0.25, 0.3) is 0 Å². The van der Waals surface area contributed by atoms with Gasteiger partial charge in [-0.3, -0.25) is 14.9 Å². The Labute approximate surface area is 129 Å². The summed E-state index contributed by atoms with van der Waals surface area (Å²) in [6, 6.07) is 8.10. The molecule has 0 atom stereocenters. The SMILES string of the molecule is O=C(COc1cccnc1[N+](=O)[O-])Nc1cccc([N+](=O)[O-])c1. The van der Waals surface area contributed by atoms with Crippen molar-refractivity contribution in [3.05, 3.63) is 62.8 Å². The van der Waals surface area contributed by atoms with Crippen LogP contribution >= 0.6 is 0 Å². The summed E-state index contributed by atoms with van der Waals surface area (Å²) in [5.41, 5.74) is 0.0418. The number of nitrogens with zero attached hydrogens (tertiary/aromatic N) is 3. The fraction of sp³-hybridized carbons (Fsp3) is 0.0769. The highest BCUT2D eigenvalue weighted by molar-refractivity contribution is 5.92. The van der Waals surface area contributed by atoms with Gasteiger partial charge in [0.05, 0.1) is 4.92 Å². The van der Waals surface area contributed by atoms with E-state index in [0.29, 0.717) is 0 Å². The van der Waals surface area contributed by atoms with Gasteiger partial charge in [0, 0.05) is 17.8 Å². The number of nitro groups is 2. The van der Waals surface area contributed by atoms with Gasteiger partial charge in [-0.05, 0) is 28.1 Å². The molecular formula is C13H10N4O6. The number of pyridine rings is 1. The predicted molar refractivity (Wildman–Crippen MR) is 78.1 cm³/mol. The van der Waals surface area contributed by atoms with Gasteiger partial charge in [-0.1, -0.05) is 6.07 Å². The van der Waals surface area contributed by atoms with E-state index in [-0.39, 0.29) is 17.1 Å². The number of amides is 1. The number of hydrogen-bond acceptors (Lipinski definition) is 7. The number of ether oxygens (including phenoxy) is 1. The normalized spacial score (nSPS) is 9.91. The van der Waals surface area contributed by atoms with E-state index in [2.05, 4.69) is 10.3 Å². The number of carbonyl (C=O) groups is 1. The van der Waals surface area contributed by atoms with Crippen molar-refractivity contribution in [3.63, 3.8) is 0 Å². The molecule has 10 heteroatoms. The highest BCUT2D eigenvalue weighted by Gasteiger charge is 2.17. The largest absolute Gasteiger partial charge is 0.476 e. The summed E-state index contributed by atoms with van der Waals surface area (Å²) >= 11 is 0. The molecule has 2 rings (SSSR count). The molecule has 1 aromatic carbocycles. The van der Waals surface area contributed by atoms with Crippen LogP contribution in [0.4, 0.5) is 17.2 Å². The third-order valence-corrected chi connectivity index (χ3v) is 2.62. The minimum absolute atomic E-state index is 0.147. The van der Waals surface area contributed by atoms with Crippen LogP contribution in [-0.4, -0.2) is 27.3 Å². The highest BCUT2D eigenvalue weighted by atomic mass is 16.6. The lowest BCUT2D eigenvalue weighted by molar-refractivity contribution is -0.390. The molecule has 10 nitrogen and oxygen atoms in total. The zero-order valence-electron chi connectivity index (χ0n) is 11.5. The number of non-ortho nitro benzene ring substituents is 1. The van der Waals surface area contributed by atoms with Crippen molar-refractivity contribution < 1.29 is 19.4 Å². The number of anilines is 1. The molecular weight excluding hydrogens is 308 g/mol. The highest BCUT2D eigenvalue weighted by Crippen LogP contribution is 2.23. The van der Waals surface area contributed by atoms with Crippen LogP contribution in [0.1, 0.15) is 0 Å². The number of nitro benzene ring substituents is 1. The lowest BCUT2D eigenvalue weighted by atomic mass is 10.3. The first-order valence-corrected chi connectivity index (χ1v) is 6.24. The Hall–Kier alpha value is -3.56. The van der Waals surface area contributed by atoms with Gasteiger partial charge in [0.15, 0.2) is 6.61 Å². The Balaban J connectivity index is 2.00. The molecule has 1 aromatic heterocycles. The Morgan fingerprint density at radius 1 is 1.17 bits per heavy atom. The van der Waals surface area contributed by atoms with Gasteiger partial charge in [0.25, 0.3) is 11.6 Å². The van der Waals surface area contributed by atoms with Crippen molar-refractivity contribution in [1.82, 2.24) is 4.98 Å². The number of benzene rings is 1. The topological polar surface area (TPSA) is 138 Å². The molecule has 0 aliphatic carbocycles. The first kappa shape index (κ1) is 15.8. The van der Waals surface area contributed by atoms with Crippen molar-refractivity contribution in [2.45, 2.75) is 0 Å². The maximum atomic E-state index is 11.8. The number of aromatic nitrogens is 1. The third kappa shape index (κ3) is 4.20. The van der Waals surface area contributed by atoms with Gasteiger partial charge in [0.2, 0.25) is 5.75 Å². The summed E-state index contributed by atoms with van der Waals surface area (Å²) in [6.07, 6.45) is 1.23. The first-order chi connectivity index (χ1) is 11.0. The van der Waals surface area contributed by atoms with Crippen molar-refractivity contribution in [3.8, 4) is 5.75 Å². The minimum Gasteiger partial charge on any atom is -0.476 e. The van der Waals surface area contributed by atoms with Gasteiger partial charge in [-0.2, -0.15) is 0 Å². The molecule has 0 saturated carbocycles. The van der Waals surface area contributed by atoms with E-state index in [1.807, 2.05) is 0 Å². The van der Waals surface area contributed by atoms with E-state index in [0.717, 1.165) is 0 Å². The van der Waals surface area contributed by atoms with Gasteiger partial charge in [0.1, 0.15) is 6.20 Å². The molecule has 0 spiro atoms. The smallest absolute Gasteiger partial charge is 0.406 e. The minimum atomic E-state index is -0.728. The van der Waals surface area contributed by atoms with E-state index >= 15 is 0 Å². The van der Waals surface area contributed by atoms with Crippen molar-refractivity contribution in [2.75, 3.05) is 11.9 Å². The monoisotopic (exact) mass is 318 g/mol. The first-order valence-electron chi connectivity index (χ1n) is 6.24. The number of nitrogens with one attached hydrogen (secondary N) is 1. The molecule has 23 heavy (non-hydrogen) atoms. The summed E-state index contributed by atoms with van der Waals surface area (Å²) in [5.74, 6) is -1.27. The molecule has 0 fully saturated rings. The van der Waals surface area contributed by atoms with Gasteiger partial charge >= 0.3 is 5.82 Å². The maximum Gasteiger partial charge on any atom is 0.406 e. The maximum absolute atomic E-state index is 11.8. The molecule has 0 saturated heterocycles. The predicted octanol–water partition coefficient (Wildman–Crippen LogP) is 1.92. The number of rotatable bonds is 6. The standard InChI is InChI=1S/C13H10N4O6/c18-12(15-9-3-1-4-10(7-9)16(19)20)8-23-11-5-2-6-14-13(11)17(21)22/h1-7H,8H2,(H,15,18). The average molecular weight is 318 g/mol. The Kier molecular flexibility index (Phi) is 4.77. The molecule has 0 unspecified atom stereocenters. The van der Waals surface area contributed by atoms with Crippen LogP contribution in [0.3, 0.4) is 0 Å². The molecule has 0 bridgehead atoms. The molecule has 0 radical (unpaired) electrons. The summed E-state index contributed by atoms with van der Waals surface area (Å²) in [7, 11) is 0. The van der Waals surface area contributed by atoms with E-state index in [4.69, 9.17) is 4.74 Å². The quantitative estimate of drug-likeness (QED) is 0.634. The second-order valence-electron chi connectivity index (χ2n) is 4.23. The van der Waals surface area contributed by atoms with E-state index in [1.165, 1.54) is 42.6 Å². The van der Waals surface area contributed by atoms with Crippen LogP contribution in [0.2, 0.25) is 0 Å². The molecule has 2 aromatic rings. The summed E-state index contributed by atoms with van der Waals surface area (Å²) < 4.78 is 5.06. The number of hydrogen-bond donors (Lipinski definition) is 1. The zero-order valence-corrected chi connectivity index (χ0v) is 11.5. The molecule has 118 valence electrons. The molecule has 0 aliphatic rings. The van der Waals surface area contributed by atoms with Crippen molar-refractivity contribution >= 4 is 23.1 Å². The summed E-state index contributed by atoms with van der Waals surface area (Å²) in [4.78, 5) is 35.4. The van der Waals surface area contributed by atoms with Gasteiger partial charge in [-0.15, -0.1) is 0 Å². The fourth-order valence-corrected chi connectivity index (χ4v) is 1.67. The third-order valence-electron chi connectivity index (χ3n) is 2.62. The van der Waals surface area contributed by atoms with Gasteiger partial charge < -0.3 is 20.2 Å². The Morgan fingerprint density at radius 3 is 2.65 bits per heavy atom. The molecule has 1 amide bonds. The zero-order chi connectivity index (χ0) is 16.8. The second kappa shape index (κ2) is 6.93. The van der Waals surface area contributed by atoms with Crippen LogP contribution < -0.4 is 10.1 Å². The van der Waals surface area contributed by atoms with Crippen molar-refractivity contribution in [1.29, 1.82) is 0 Å². The molecule has 1 N–H and O–H groups in total. The van der Waals surface area contributed by atoms with Gasteiger partial charge in [-0.25, -0.2) is 0 Å². The van der Waals surface area contributed by atoms with Crippen LogP contribution in [0.15, 0.2) is 42.6 Å². The van der Waals surface area contributed by atoms with E-state index in [1.54, 1.807) is 0 Å². The second-order valence-corrected chi connectivity index (χ2v) is 4.23. The van der Waals surface area contributed by atoms with E-state index < -0.39 is 28.2 Å². The molecule has 0 aliphatic heterocycles. The lowest BCUT2D eigenvalue weighted by Crippen LogP contribution is -2.20. The summed E-state index contributed by atoms with van der Waals surface area (Å²) in [6.45, 7) is -0.505. The summed E-state index contributed by atoms with van der Waals surface area (Å²) in [5, 5.41) is 23.8. The van der Waals surface area contributed by atoms with Crippen molar-refractivity contribution in [2.24, 2.45) is 0 Å². The van der Waals surface area contributed by atoms with Crippen LogP contribution in [0, 0.1) is 20.2 Å². The number of carbonyl (C=O) groups excluding carboxylic acids is 1. The Morgan fingerprint density at radius 2 is 1.96 bits per heavy atom. The lowest BCUT2D eigenvalue weighted by Gasteiger charge is -2.07. The molecule has 1 heterocycles. The van der Waals surface area contributed by atoms with Crippen LogP contribution in [-0.2, 0) is 4.79 Å². The van der Waals surface area contributed by atoms with Crippen LogP contribution in [0.5, 0.6) is 5.75 Å². The van der Waals surface area contributed by atoms with E-state index in [9.17, 15) is 25.0 Å². The fourth-order valence-electron chi connectivity index (χ4n) is 1.67.